The first-order valence-electron chi connectivity index (χ1n) is 29.9. The van der Waals surface area contributed by atoms with E-state index in [1.54, 1.807) is 53.5 Å². The normalized spacial score (nSPS) is 14.6. The molecule has 7 aromatic carbocycles. The van der Waals surface area contributed by atoms with Crippen LogP contribution < -0.4 is 4.74 Å². The molecular formula is C69H70N4OPt. The van der Waals surface area contributed by atoms with Crippen molar-refractivity contribution < 1.29 is 38.1 Å². The van der Waals surface area contributed by atoms with E-state index in [1.807, 2.05) is 104 Å². The number of ether oxygens (including phenoxy) is 1. The second kappa shape index (κ2) is 19.7. The van der Waals surface area contributed by atoms with Crippen LogP contribution in [0.5, 0.6) is 11.5 Å². The molecule has 0 saturated carbocycles. The van der Waals surface area contributed by atoms with Crippen LogP contribution in [-0.2, 0) is 42.7 Å². The number of pyridine rings is 1. The number of nitrogens with zero attached hydrogens (tertiary/aromatic N) is 4. The average molecular weight is 1180 g/mol. The summed E-state index contributed by atoms with van der Waals surface area (Å²) < 4.78 is 90.4. The zero-order valence-corrected chi connectivity index (χ0v) is 47.2. The van der Waals surface area contributed by atoms with Crippen molar-refractivity contribution in [1.29, 1.82) is 0 Å². The third-order valence-electron chi connectivity index (χ3n) is 14.1. The Morgan fingerprint density at radius 2 is 1.12 bits per heavy atom. The first-order valence-corrected chi connectivity index (χ1v) is 25.4. The minimum atomic E-state index is -2.73. The molecule has 3 heterocycles. The molecule has 0 fully saturated rings. The van der Waals surface area contributed by atoms with Crippen LogP contribution in [0.1, 0.15) is 134 Å². The fourth-order valence-electron chi connectivity index (χ4n) is 9.60. The van der Waals surface area contributed by atoms with Gasteiger partial charge in [0.15, 0.2) is 0 Å². The molecule has 0 bridgehead atoms. The van der Waals surface area contributed by atoms with E-state index in [0.717, 1.165) is 49.7 Å². The van der Waals surface area contributed by atoms with Gasteiger partial charge in [-0.05, 0) is 132 Å². The maximum atomic E-state index is 8.90. The fraction of sp³-hybridized carbons (Fsp3) is 0.275. The van der Waals surface area contributed by atoms with Crippen LogP contribution in [0, 0.1) is 32.7 Å². The summed E-state index contributed by atoms with van der Waals surface area (Å²) in [5.41, 5.74) is 9.80. The van der Waals surface area contributed by atoms with Crippen LogP contribution >= 0.6 is 0 Å². The third kappa shape index (κ3) is 10.7. The number of aromatic nitrogens is 4. The van der Waals surface area contributed by atoms with E-state index < -0.39 is 26.0 Å². The maximum Gasteiger partial charge on any atom is 2.00 e. The molecule has 0 atom stereocenters. The summed E-state index contributed by atoms with van der Waals surface area (Å²) in [6.07, 6.45) is 5.30. The third-order valence-corrected chi connectivity index (χ3v) is 14.1. The van der Waals surface area contributed by atoms with Crippen LogP contribution in [0.4, 0.5) is 0 Å². The average Bonchev–Trinajstić information content (AvgIpc) is 3.83. The van der Waals surface area contributed by atoms with Crippen molar-refractivity contribution >= 4 is 21.8 Å². The van der Waals surface area contributed by atoms with Crippen LogP contribution in [0.2, 0.25) is 0 Å². The van der Waals surface area contributed by atoms with Crippen LogP contribution in [0.3, 0.4) is 0 Å². The molecule has 382 valence electrons. The van der Waals surface area contributed by atoms with Gasteiger partial charge in [0.2, 0.25) is 0 Å². The van der Waals surface area contributed by atoms with Gasteiger partial charge >= 0.3 is 21.1 Å². The zero-order chi connectivity index (χ0) is 60.1. The Kier molecular flexibility index (Phi) is 11.1. The van der Waals surface area contributed by atoms with Crippen LogP contribution in [0.25, 0.3) is 77.8 Å². The standard InChI is InChI=1S/C69H70N4O.Pt/c1-43-30-64(70-41-61(43)48-22-19-23-52(31-48)66(4,5)6)73-62-27-24-47(46-20-17-16-18-21-46)36-60(62)59-26-25-57(39-63(59)73)74-58-35-50(65-44(2)28-53(29-45(65)3)67(7,8)9)34-56(38-58)72-42-51(40-71-72)49-32-54(68(10,11)12)37-55(33-49)69(13,14)15;/h16-37,40-42H,1-15H3;/q-2;+2/i1D3,2D3,3D3;. The van der Waals surface area contributed by atoms with Gasteiger partial charge in [-0.2, -0.15) is 11.2 Å². The van der Waals surface area contributed by atoms with Crippen LogP contribution in [-0.4, -0.2) is 19.3 Å². The van der Waals surface area contributed by atoms with Crippen molar-refractivity contribution in [3.05, 3.63) is 203 Å². The van der Waals surface area contributed by atoms with Gasteiger partial charge in [0, 0.05) is 52.9 Å². The molecule has 0 aliphatic carbocycles. The summed E-state index contributed by atoms with van der Waals surface area (Å²) in [7, 11) is 0. The predicted octanol–water partition coefficient (Wildman–Crippen LogP) is 18.5. The Morgan fingerprint density at radius 3 is 1.77 bits per heavy atom. The Labute approximate surface area is 473 Å². The Hall–Kier alpha value is -6.81. The molecule has 5 nitrogen and oxygen atoms in total. The largest absolute Gasteiger partial charge is 2.00 e. The number of aryl methyl sites for hydroxylation is 3. The maximum absolute atomic E-state index is 8.90. The summed E-state index contributed by atoms with van der Waals surface area (Å²) in [6.45, 7) is 17.3. The van der Waals surface area contributed by atoms with Crippen molar-refractivity contribution in [2.45, 2.75) is 125 Å². The van der Waals surface area contributed by atoms with E-state index in [2.05, 4.69) is 98.7 Å². The number of hydrogen-bond donors (Lipinski definition) is 0. The van der Waals surface area contributed by atoms with E-state index in [1.165, 1.54) is 11.1 Å². The van der Waals surface area contributed by atoms with E-state index in [0.29, 0.717) is 28.1 Å². The molecule has 75 heavy (non-hydrogen) atoms. The van der Waals surface area contributed by atoms with E-state index in [-0.39, 0.29) is 76.6 Å². The second-order valence-corrected chi connectivity index (χ2v) is 23.8. The quantitative estimate of drug-likeness (QED) is 0.142. The van der Waals surface area contributed by atoms with Crippen molar-refractivity contribution in [1.82, 2.24) is 19.3 Å². The van der Waals surface area contributed by atoms with Crippen molar-refractivity contribution in [2.24, 2.45) is 0 Å². The van der Waals surface area contributed by atoms with Crippen molar-refractivity contribution in [2.75, 3.05) is 0 Å². The molecule has 0 aliphatic rings. The molecule has 0 unspecified atom stereocenters. The molecule has 0 spiro atoms. The summed E-state index contributed by atoms with van der Waals surface area (Å²) in [5.74, 6) is 0.719. The van der Waals surface area contributed by atoms with Crippen molar-refractivity contribution in [3.63, 3.8) is 0 Å². The summed E-state index contributed by atoms with van der Waals surface area (Å²) >= 11 is 0. The summed E-state index contributed by atoms with van der Waals surface area (Å²) in [4.78, 5) is 5.03. The van der Waals surface area contributed by atoms with Gasteiger partial charge < -0.3 is 9.30 Å². The van der Waals surface area contributed by atoms with Gasteiger partial charge in [0.1, 0.15) is 5.82 Å². The molecular weight excluding hydrogens is 1100 g/mol. The fourth-order valence-corrected chi connectivity index (χ4v) is 9.60. The van der Waals surface area contributed by atoms with E-state index in [4.69, 9.17) is 27.2 Å². The Morgan fingerprint density at radius 1 is 0.480 bits per heavy atom. The first-order chi connectivity index (χ1) is 38.5. The molecule has 0 radical (unpaired) electrons. The summed E-state index contributed by atoms with van der Waals surface area (Å²) in [6, 6.07) is 49.6. The van der Waals surface area contributed by atoms with E-state index >= 15 is 0 Å². The van der Waals surface area contributed by atoms with Gasteiger partial charge in [0.05, 0.1) is 6.20 Å². The van der Waals surface area contributed by atoms with Gasteiger partial charge in [-0.25, -0.2) is 4.98 Å². The topological polar surface area (TPSA) is 44.9 Å². The molecule has 10 aromatic rings. The monoisotopic (exact) mass is 1170 g/mol. The number of hydrogen-bond acceptors (Lipinski definition) is 3. The smallest absolute Gasteiger partial charge is 0.509 e. The van der Waals surface area contributed by atoms with Gasteiger partial charge in [-0.15, -0.1) is 41.3 Å². The Balaban J connectivity index is 0.00000846. The van der Waals surface area contributed by atoms with Crippen LogP contribution in [0.15, 0.2) is 152 Å². The van der Waals surface area contributed by atoms with Gasteiger partial charge in [-0.3, -0.25) is 4.68 Å². The first kappa shape index (κ1) is 42.4. The van der Waals surface area contributed by atoms with Gasteiger partial charge in [0.25, 0.3) is 0 Å². The number of fused-ring (bicyclic) bond motifs is 3. The van der Waals surface area contributed by atoms with Gasteiger partial charge in [-0.1, -0.05) is 186 Å². The molecule has 0 aliphatic heterocycles. The molecule has 0 amide bonds. The molecule has 6 heteroatoms. The minimum Gasteiger partial charge on any atom is -0.509 e. The van der Waals surface area contributed by atoms with E-state index in [9.17, 15) is 0 Å². The molecule has 3 aromatic heterocycles. The Bertz CT molecular complexity index is 4060. The summed E-state index contributed by atoms with van der Waals surface area (Å²) in [5, 5.41) is 6.53. The number of benzene rings is 7. The molecule has 0 saturated heterocycles. The SMILES string of the molecule is [2H]C([2H])([2H])c1cc(-n2c3[c-]c(Oc4[c-]c(-n5cc(-c6cc(C(C)(C)C)cc(C(C)(C)C)c6)cn5)cc(-c5c(C([2H])([2H])[2H])cc(C(C)(C)C)cc5C([2H])([2H])[2H])c4)ccc3c3cc(-c4ccccc4)ccc32)ncc1-c1cccc(C(C)(C)C)c1.[Pt+2]. The zero-order valence-electron chi connectivity index (χ0n) is 53.9. The molecule has 0 N–H and O–H groups in total. The second-order valence-electron chi connectivity index (χ2n) is 23.8. The van der Waals surface area contributed by atoms with Crippen molar-refractivity contribution in [3.8, 4) is 67.5 Å². The minimum absolute atomic E-state index is 0. The number of rotatable bonds is 8. The molecule has 10 rings (SSSR count). The predicted molar refractivity (Wildman–Crippen MR) is 311 cm³/mol.